The van der Waals surface area contributed by atoms with Gasteiger partial charge in [0.25, 0.3) is 0 Å². The lowest BCUT2D eigenvalue weighted by molar-refractivity contribution is 0.240. The van der Waals surface area contributed by atoms with E-state index in [2.05, 4.69) is 31.8 Å². The maximum atomic E-state index is 6.32. The number of aryl methyl sites for hydroxylation is 1. The van der Waals surface area contributed by atoms with Crippen molar-refractivity contribution in [2.75, 3.05) is 6.54 Å². The Hall–Kier alpha value is -2.18. The van der Waals surface area contributed by atoms with E-state index in [4.69, 9.17) is 16.0 Å². The molecule has 0 aromatic carbocycles. The highest BCUT2D eigenvalue weighted by atomic mass is 35.5. The average Bonchev–Trinajstić information content (AvgIpc) is 3.30. The van der Waals surface area contributed by atoms with Crippen LogP contribution < -0.4 is 0 Å². The summed E-state index contributed by atoms with van der Waals surface area (Å²) in [5, 5.41) is 0.589. The quantitative estimate of drug-likeness (QED) is 0.708. The molecule has 26 heavy (non-hydrogen) atoms. The number of unbranched alkanes of at least 4 members (excludes halogenated alkanes) is 1. The van der Waals surface area contributed by atoms with Gasteiger partial charge in [-0.3, -0.25) is 4.90 Å². The zero-order valence-electron chi connectivity index (χ0n) is 14.8. The molecule has 0 unspecified atom stereocenters. The summed E-state index contributed by atoms with van der Waals surface area (Å²) < 4.78 is 5.39. The van der Waals surface area contributed by atoms with Gasteiger partial charge in [-0.15, -0.1) is 0 Å². The van der Waals surface area contributed by atoms with Crippen molar-refractivity contribution >= 4 is 11.6 Å². The number of halogens is 1. The number of hydrogen-bond acceptors (Lipinski definition) is 5. The van der Waals surface area contributed by atoms with Gasteiger partial charge in [0.05, 0.1) is 17.7 Å². The summed E-state index contributed by atoms with van der Waals surface area (Å²) in [6, 6.07) is 3.73. The summed E-state index contributed by atoms with van der Waals surface area (Å²) in [5.41, 5.74) is 3.25. The van der Waals surface area contributed by atoms with E-state index in [1.165, 1.54) is 0 Å². The molecule has 3 aromatic rings. The number of nitrogens with one attached hydrogen (secondary N) is 1. The molecule has 4 heterocycles. The predicted molar refractivity (Wildman–Crippen MR) is 99.8 cm³/mol. The Morgan fingerprint density at radius 3 is 3.08 bits per heavy atom. The third-order valence-electron chi connectivity index (χ3n) is 4.68. The number of H-pyrrole nitrogens is 1. The van der Waals surface area contributed by atoms with Gasteiger partial charge in [0.2, 0.25) is 0 Å². The first kappa shape index (κ1) is 17.2. The monoisotopic (exact) mass is 371 g/mol. The lowest BCUT2D eigenvalue weighted by Crippen LogP contribution is -2.31. The molecule has 0 saturated heterocycles. The molecule has 0 atom stereocenters. The minimum Gasteiger partial charge on any atom is -0.461 e. The Kier molecular flexibility index (Phi) is 5.04. The number of nitrogens with zero attached hydrogens (tertiary/aromatic N) is 4. The van der Waals surface area contributed by atoms with Crippen LogP contribution in [0.5, 0.6) is 0 Å². The van der Waals surface area contributed by atoms with Crippen molar-refractivity contribution in [2.24, 2.45) is 0 Å². The van der Waals surface area contributed by atoms with Crippen LogP contribution in [0.3, 0.4) is 0 Å². The van der Waals surface area contributed by atoms with E-state index < -0.39 is 0 Å². The number of aromatic nitrogens is 4. The number of hydrogen-bond donors (Lipinski definition) is 1. The summed E-state index contributed by atoms with van der Waals surface area (Å²) in [4.78, 5) is 19.3. The summed E-state index contributed by atoms with van der Waals surface area (Å²) in [6.07, 6.45) is 7.66. The minimum absolute atomic E-state index is 0.589. The van der Waals surface area contributed by atoms with E-state index >= 15 is 0 Å². The third-order valence-corrected chi connectivity index (χ3v) is 4.99. The Morgan fingerprint density at radius 2 is 2.27 bits per heavy atom. The standard InChI is InChI=1S/C19H22ClN5O/c1-2-3-6-17-22-15(18(20)24-17)12-25-8-7-14-13(11-25)10-21-19(23-14)16-5-4-9-26-16/h4-5,9-10H,2-3,6-8,11-12H2,1H3,(H,22,24). The van der Waals surface area contributed by atoms with Gasteiger partial charge in [0.15, 0.2) is 16.7 Å². The zero-order chi connectivity index (χ0) is 17.9. The molecule has 0 saturated carbocycles. The van der Waals surface area contributed by atoms with Gasteiger partial charge in [-0.2, -0.15) is 0 Å². The Morgan fingerprint density at radius 1 is 1.35 bits per heavy atom. The summed E-state index contributed by atoms with van der Waals surface area (Å²) in [7, 11) is 0. The lowest BCUT2D eigenvalue weighted by atomic mass is 10.1. The van der Waals surface area contributed by atoms with Crippen molar-refractivity contribution in [2.45, 2.75) is 45.7 Å². The molecule has 0 aliphatic carbocycles. The number of imidazole rings is 1. The van der Waals surface area contributed by atoms with Crippen molar-refractivity contribution < 1.29 is 4.42 Å². The molecule has 3 aromatic heterocycles. The van der Waals surface area contributed by atoms with E-state index in [0.717, 1.165) is 68.1 Å². The van der Waals surface area contributed by atoms with Crippen LogP contribution in [0.1, 0.15) is 42.5 Å². The van der Waals surface area contributed by atoms with Crippen LogP contribution >= 0.6 is 11.6 Å². The second-order valence-electron chi connectivity index (χ2n) is 6.66. The number of fused-ring (bicyclic) bond motifs is 1. The van der Waals surface area contributed by atoms with Crippen LogP contribution in [0.25, 0.3) is 11.6 Å². The highest BCUT2D eigenvalue weighted by molar-refractivity contribution is 6.30. The van der Waals surface area contributed by atoms with E-state index in [9.17, 15) is 0 Å². The van der Waals surface area contributed by atoms with Gasteiger partial charge in [0.1, 0.15) is 5.82 Å². The van der Waals surface area contributed by atoms with Crippen LogP contribution in [0.15, 0.2) is 29.0 Å². The van der Waals surface area contributed by atoms with Gasteiger partial charge >= 0.3 is 0 Å². The Balaban J connectivity index is 1.45. The second kappa shape index (κ2) is 7.60. The van der Waals surface area contributed by atoms with Gasteiger partial charge in [-0.25, -0.2) is 15.0 Å². The molecule has 7 heteroatoms. The largest absolute Gasteiger partial charge is 0.461 e. The van der Waals surface area contributed by atoms with Crippen LogP contribution in [0.2, 0.25) is 5.15 Å². The SMILES string of the molecule is CCCCc1nc(Cl)c(CN2CCc3nc(-c4ccco4)ncc3C2)[nH]1. The van der Waals surface area contributed by atoms with Gasteiger partial charge in [-0.05, 0) is 18.6 Å². The number of aromatic amines is 1. The topological polar surface area (TPSA) is 70.8 Å². The maximum Gasteiger partial charge on any atom is 0.195 e. The summed E-state index contributed by atoms with van der Waals surface area (Å²) in [5.74, 6) is 2.34. The highest BCUT2D eigenvalue weighted by Crippen LogP contribution is 2.23. The summed E-state index contributed by atoms with van der Waals surface area (Å²) in [6.45, 7) is 4.68. The molecule has 6 nitrogen and oxygen atoms in total. The predicted octanol–water partition coefficient (Wildman–Crippen LogP) is 4.01. The van der Waals surface area contributed by atoms with Crippen LogP contribution in [0.4, 0.5) is 0 Å². The fourth-order valence-corrected chi connectivity index (χ4v) is 3.47. The van der Waals surface area contributed by atoms with Crippen LogP contribution in [-0.4, -0.2) is 31.4 Å². The van der Waals surface area contributed by atoms with Crippen molar-refractivity contribution in [3.8, 4) is 11.6 Å². The van der Waals surface area contributed by atoms with Gasteiger partial charge in [-0.1, -0.05) is 24.9 Å². The van der Waals surface area contributed by atoms with Crippen LogP contribution in [-0.2, 0) is 25.9 Å². The van der Waals surface area contributed by atoms with Crippen molar-refractivity contribution in [3.63, 3.8) is 0 Å². The minimum atomic E-state index is 0.589. The molecule has 0 spiro atoms. The van der Waals surface area contributed by atoms with E-state index in [-0.39, 0.29) is 0 Å². The molecule has 0 bridgehead atoms. The first-order chi connectivity index (χ1) is 12.7. The van der Waals surface area contributed by atoms with E-state index in [1.54, 1.807) is 6.26 Å². The fraction of sp³-hybridized carbons (Fsp3) is 0.421. The molecule has 1 aliphatic heterocycles. The van der Waals surface area contributed by atoms with Crippen molar-refractivity contribution in [1.29, 1.82) is 0 Å². The third kappa shape index (κ3) is 3.66. The molecular formula is C19H22ClN5O. The average molecular weight is 372 g/mol. The van der Waals surface area contributed by atoms with E-state index in [0.29, 0.717) is 16.7 Å². The smallest absolute Gasteiger partial charge is 0.195 e. The van der Waals surface area contributed by atoms with Crippen molar-refractivity contribution in [1.82, 2.24) is 24.8 Å². The molecule has 0 amide bonds. The normalized spacial score (nSPS) is 14.5. The van der Waals surface area contributed by atoms with Gasteiger partial charge in [0, 0.05) is 44.2 Å². The lowest BCUT2D eigenvalue weighted by Gasteiger charge is -2.27. The second-order valence-corrected chi connectivity index (χ2v) is 7.02. The summed E-state index contributed by atoms with van der Waals surface area (Å²) >= 11 is 6.32. The molecule has 4 rings (SSSR count). The van der Waals surface area contributed by atoms with Gasteiger partial charge < -0.3 is 9.40 Å². The van der Waals surface area contributed by atoms with Crippen molar-refractivity contribution in [3.05, 3.63) is 52.5 Å². The van der Waals surface area contributed by atoms with E-state index in [1.807, 2.05) is 18.3 Å². The van der Waals surface area contributed by atoms with Crippen LogP contribution in [0, 0.1) is 0 Å². The molecule has 0 fully saturated rings. The maximum absolute atomic E-state index is 6.32. The Labute approximate surface area is 157 Å². The first-order valence-electron chi connectivity index (χ1n) is 9.07. The molecule has 1 N–H and O–H groups in total. The zero-order valence-corrected chi connectivity index (χ0v) is 15.6. The number of furan rings is 1. The molecule has 1 aliphatic rings. The number of rotatable bonds is 6. The molecule has 136 valence electrons. The fourth-order valence-electron chi connectivity index (χ4n) is 3.26. The first-order valence-corrected chi connectivity index (χ1v) is 9.45. The Bertz CT molecular complexity index is 874. The molecule has 0 radical (unpaired) electrons. The highest BCUT2D eigenvalue weighted by Gasteiger charge is 2.21. The molecular weight excluding hydrogens is 350 g/mol.